The molecule has 0 bridgehead atoms. The summed E-state index contributed by atoms with van der Waals surface area (Å²) >= 11 is 0. The lowest BCUT2D eigenvalue weighted by Crippen LogP contribution is -2.04. The second kappa shape index (κ2) is 5.62. The molecule has 6 heteroatoms. The average Bonchev–Trinajstić information content (AvgIpc) is 2.43. The first kappa shape index (κ1) is 14.5. The minimum atomic E-state index is -1.33. The molecule has 2 N–H and O–H groups in total. The largest absolute Gasteiger partial charge is 0.477 e. The molecular formula is C15H14N2O4. The maximum Gasteiger partial charge on any atom is 0.342 e. The SMILES string of the molecule is Cc1cccc(Nc2ccc([N+](=O)[O-])c(C(=O)O)c2)c1C. The number of rotatable bonds is 4. The van der Waals surface area contributed by atoms with Gasteiger partial charge in [0.15, 0.2) is 0 Å². The van der Waals surface area contributed by atoms with Crippen LogP contribution < -0.4 is 5.32 Å². The minimum Gasteiger partial charge on any atom is -0.477 e. The predicted octanol–water partition coefficient (Wildman–Crippen LogP) is 3.65. The molecular weight excluding hydrogens is 272 g/mol. The summed E-state index contributed by atoms with van der Waals surface area (Å²) in [6.45, 7) is 3.92. The van der Waals surface area contributed by atoms with Gasteiger partial charge in [-0.1, -0.05) is 12.1 Å². The van der Waals surface area contributed by atoms with E-state index in [4.69, 9.17) is 5.11 Å². The van der Waals surface area contributed by atoms with E-state index in [9.17, 15) is 14.9 Å². The number of hydrogen-bond donors (Lipinski definition) is 2. The van der Waals surface area contributed by atoms with Crippen molar-refractivity contribution in [2.75, 3.05) is 5.32 Å². The van der Waals surface area contributed by atoms with Gasteiger partial charge in [0.1, 0.15) is 5.56 Å². The van der Waals surface area contributed by atoms with Crippen LogP contribution in [0.5, 0.6) is 0 Å². The van der Waals surface area contributed by atoms with Gasteiger partial charge < -0.3 is 10.4 Å². The van der Waals surface area contributed by atoms with Crippen LogP contribution in [0.15, 0.2) is 36.4 Å². The highest BCUT2D eigenvalue weighted by Gasteiger charge is 2.20. The van der Waals surface area contributed by atoms with Crippen molar-refractivity contribution < 1.29 is 14.8 Å². The quantitative estimate of drug-likeness (QED) is 0.661. The van der Waals surface area contributed by atoms with Gasteiger partial charge in [0, 0.05) is 17.4 Å². The molecule has 0 radical (unpaired) electrons. The molecule has 2 aromatic rings. The zero-order valence-corrected chi connectivity index (χ0v) is 11.6. The van der Waals surface area contributed by atoms with Crippen molar-refractivity contribution in [1.82, 2.24) is 0 Å². The lowest BCUT2D eigenvalue weighted by Gasteiger charge is -2.12. The Hall–Kier alpha value is -2.89. The van der Waals surface area contributed by atoms with Crippen LogP contribution in [0.1, 0.15) is 21.5 Å². The van der Waals surface area contributed by atoms with E-state index in [1.807, 2.05) is 32.0 Å². The molecule has 0 heterocycles. The standard InChI is InChI=1S/C15H14N2O4/c1-9-4-3-5-13(10(9)2)16-11-6-7-14(17(20)21)12(8-11)15(18)19/h3-8,16H,1-2H3,(H,18,19). The van der Waals surface area contributed by atoms with Crippen molar-refractivity contribution in [2.24, 2.45) is 0 Å². The molecule has 0 atom stereocenters. The number of carbonyl (C=O) groups is 1. The van der Waals surface area contributed by atoms with E-state index in [0.717, 1.165) is 16.8 Å². The Morgan fingerprint density at radius 1 is 1.24 bits per heavy atom. The van der Waals surface area contributed by atoms with Gasteiger partial charge in [0.25, 0.3) is 5.69 Å². The van der Waals surface area contributed by atoms with E-state index in [2.05, 4.69) is 5.32 Å². The maximum atomic E-state index is 11.1. The summed E-state index contributed by atoms with van der Waals surface area (Å²) in [6.07, 6.45) is 0. The number of nitro groups is 1. The number of nitrogens with zero attached hydrogens (tertiary/aromatic N) is 1. The highest BCUT2D eigenvalue weighted by atomic mass is 16.6. The third-order valence-electron chi connectivity index (χ3n) is 3.31. The Balaban J connectivity index is 2.42. The van der Waals surface area contributed by atoms with Gasteiger partial charge in [-0.25, -0.2) is 4.79 Å². The fraction of sp³-hybridized carbons (Fsp3) is 0.133. The lowest BCUT2D eigenvalue weighted by atomic mass is 10.1. The van der Waals surface area contributed by atoms with Crippen molar-refractivity contribution >= 4 is 23.0 Å². The highest BCUT2D eigenvalue weighted by Crippen LogP contribution is 2.27. The molecule has 0 spiro atoms. The smallest absolute Gasteiger partial charge is 0.342 e. The molecule has 0 aliphatic carbocycles. The van der Waals surface area contributed by atoms with E-state index in [0.29, 0.717) is 5.69 Å². The van der Waals surface area contributed by atoms with Crippen LogP contribution in [0, 0.1) is 24.0 Å². The van der Waals surface area contributed by atoms with Crippen LogP contribution in [-0.2, 0) is 0 Å². The Morgan fingerprint density at radius 3 is 2.57 bits per heavy atom. The molecule has 108 valence electrons. The molecule has 0 amide bonds. The number of carboxylic acids is 1. The second-order valence-corrected chi connectivity index (χ2v) is 4.67. The Kier molecular flexibility index (Phi) is 3.89. The van der Waals surface area contributed by atoms with Crippen LogP contribution in [-0.4, -0.2) is 16.0 Å². The van der Waals surface area contributed by atoms with Crippen LogP contribution in [0.2, 0.25) is 0 Å². The number of nitro benzene ring substituents is 1. The van der Waals surface area contributed by atoms with Crippen LogP contribution in [0.4, 0.5) is 17.1 Å². The molecule has 0 aromatic heterocycles. The summed E-state index contributed by atoms with van der Waals surface area (Å²) in [5.74, 6) is -1.33. The van der Waals surface area contributed by atoms with Gasteiger partial charge in [-0.2, -0.15) is 0 Å². The summed E-state index contributed by atoms with van der Waals surface area (Å²) in [7, 11) is 0. The van der Waals surface area contributed by atoms with Crippen molar-refractivity contribution in [1.29, 1.82) is 0 Å². The molecule has 21 heavy (non-hydrogen) atoms. The van der Waals surface area contributed by atoms with Gasteiger partial charge in [0.05, 0.1) is 4.92 Å². The summed E-state index contributed by atoms with van der Waals surface area (Å²) in [5.41, 5.74) is 2.70. The Labute approximate surface area is 121 Å². The summed E-state index contributed by atoms with van der Waals surface area (Å²) < 4.78 is 0. The number of hydrogen-bond acceptors (Lipinski definition) is 4. The second-order valence-electron chi connectivity index (χ2n) is 4.67. The van der Waals surface area contributed by atoms with Gasteiger partial charge in [0.2, 0.25) is 0 Å². The van der Waals surface area contributed by atoms with Crippen LogP contribution in [0.25, 0.3) is 0 Å². The Morgan fingerprint density at radius 2 is 1.95 bits per heavy atom. The van der Waals surface area contributed by atoms with Crippen molar-refractivity contribution in [3.05, 3.63) is 63.2 Å². The Bertz CT molecular complexity index is 726. The van der Waals surface area contributed by atoms with Crippen LogP contribution in [0.3, 0.4) is 0 Å². The fourth-order valence-electron chi connectivity index (χ4n) is 1.99. The van der Waals surface area contributed by atoms with Gasteiger partial charge in [-0.3, -0.25) is 10.1 Å². The van der Waals surface area contributed by atoms with Gasteiger partial charge in [-0.05, 0) is 43.2 Å². The van der Waals surface area contributed by atoms with Gasteiger partial charge >= 0.3 is 5.97 Å². The van der Waals surface area contributed by atoms with E-state index in [-0.39, 0.29) is 5.56 Å². The number of anilines is 2. The number of benzene rings is 2. The molecule has 0 saturated heterocycles. The van der Waals surface area contributed by atoms with E-state index in [1.165, 1.54) is 18.2 Å². The monoisotopic (exact) mass is 286 g/mol. The predicted molar refractivity (Wildman–Crippen MR) is 79.3 cm³/mol. The molecule has 2 rings (SSSR count). The molecule has 0 unspecified atom stereocenters. The number of aryl methyl sites for hydroxylation is 1. The molecule has 6 nitrogen and oxygen atoms in total. The number of carboxylic acid groups (broad SMARTS) is 1. The lowest BCUT2D eigenvalue weighted by molar-refractivity contribution is -0.385. The minimum absolute atomic E-state index is 0.338. The topological polar surface area (TPSA) is 92.5 Å². The first-order valence-electron chi connectivity index (χ1n) is 6.25. The van der Waals surface area contributed by atoms with Crippen LogP contribution >= 0.6 is 0 Å². The first-order chi connectivity index (χ1) is 9.90. The van der Waals surface area contributed by atoms with Crippen molar-refractivity contribution in [3.63, 3.8) is 0 Å². The third kappa shape index (κ3) is 3.00. The van der Waals surface area contributed by atoms with E-state index >= 15 is 0 Å². The number of aromatic carboxylic acids is 1. The normalized spacial score (nSPS) is 10.2. The molecule has 2 aromatic carbocycles. The molecule has 0 aliphatic rings. The van der Waals surface area contributed by atoms with E-state index in [1.54, 1.807) is 0 Å². The summed E-state index contributed by atoms with van der Waals surface area (Å²) in [4.78, 5) is 21.2. The highest BCUT2D eigenvalue weighted by molar-refractivity contribution is 5.93. The molecule has 0 saturated carbocycles. The average molecular weight is 286 g/mol. The maximum absolute atomic E-state index is 11.1. The first-order valence-corrected chi connectivity index (χ1v) is 6.25. The molecule has 0 aliphatic heterocycles. The fourth-order valence-corrected chi connectivity index (χ4v) is 1.99. The molecule has 0 fully saturated rings. The van der Waals surface area contributed by atoms with Crippen molar-refractivity contribution in [3.8, 4) is 0 Å². The van der Waals surface area contributed by atoms with E-state index < -0.39 is 16.6 Å². The number of nitrogens with one attached hydrogen (secondary N) is 1. The van der Waals surface area contributed by atoms with Gasteiger partial charge in [-0.15, -0.1) is 0 Å². The summed E-state index contributed by atoms with van der Waals surface area (Å²) in [6, 6.07) is 9.67. The summed E-state index contributed by atoms with van der Waals surface area (Å²) in [5, 5.41) is 23.0. The third-order valence-corrected chi connectivity index (χ3v) is 3.31. The zero-order valence-electron chi connectivity index (χ0n) is 11.6. The van der Waals surface area contributed by atoms with Crippen molar-refractivity contribution in [2.45, 2.75) is 13.8 Å². The zero-order chi connectivity index (χ0) is 15.6.